The molecule has 0 bridgehead atoms. The number of ether oxygens (including phenoxy) is 1. The van der Waals surface area contributed by atoms with Gasteiger partial charge in [0.2, 0.25) is 5.91 Å². The van der Waals surface area contributed by atoms with E-state index in [1.807, 2.05) is 0 Å². The molecule has 3 N–H and O–H groups in total. The van der Waals surface area contributed by atoms with Crippen molar-refractivity contribution in [2.45, 2.75) is 31.9 Å². The fourth-order valence-corrected chi connectivity index (χ4v) is 3.24. The number of benzene rings is 3. The lowest BCUT2D eigenvalue weighted by Crippen LogP contribution is -2.42. The molecule has 0 fully saturated rings. The molecule has 7 nitrogen and oxygen atoms in total. The summed E-state index contributed by atoms with van der Waals surface area (Å²) in [7, 11) is 0. The zero-order valence-electron chi connectivity index (χ0n) is 18.9. The van der Waals surface area contributed by atoms with Gasteiger partial charge in [-0.25, -0.2) is 22.8 Å². The van der Waals surface area contributed by atoms with Gasteiger partial charge in [0.05, 0.1) is 6.42 Å². The van der Waals surface area contributed by atoms with Crippen molar-refractivity contribution in [2.24, 2.45) is 0 Å². The predicted octanol–water partition coefficient (Wildman–Crippen LogP) is 4.87. The number of carbonyl (C=O) groups excluding carboxylic acids is 2. The Bertz CT molecular complexity index is 1180. The van der Waals surface area contributed by atoms with Crippen LogP contribution in [-0.2, 0) is 33.8 Å². The maximum Gasteiger partial charge on any atom is 0.408 e. The lowest BCUT2D eigenvalue weighted by molar-refractivity contribution is -0.139. The summed E-state index contributed by atoms with van der Waals surface area (Å²) in [6.45, 7) is -0.148. The van der Waals surface area contributed by atoms with Crippen LogP contribution in [0.5, 0.6) is 0 Å². The number of nitrogens with one attached hydrogen (secondary N) is 2. The number of hydrogen-bond acceptors (Lipinski definition) is 4. The smallest absolute Gasteiger partial charge is 0.408 e. The van der Waals surface area contributed by atoms with Gasteiger partial charge >= 0.3 is 12.1 Å². The minimum absolute atomic E-state index is 0.0758. The summed E-state index contributed by atoms with van der Waals surface area (Å²) < 4.78 is 43.4. The standard InChI is InChI=1S/C26H23F3N2O5/c27-20-9-3-17(4-10-20)14-23(32)30-21-11-5-18(6-12-21)15-36-26(35)31-22(25(33)34)13-16-1-7-19(8-2-16)24(28)29/h1-12,22,24H,13-15H2,(H,30,32)(H,31,35)(H,33,34)/t22-/m0/s1. The number of aliphatic carboxylic acids is 1. The fourth-order valence-electron chi connectivity index (χ4n) is 3.24. The summed E-state index contributed by atoms with van der Waals surface area (Å²) in [5.74, 6) is -1.97. The van der Waals surface area contributed by atoms with Crippen LogP contribution in [0, 0.1) is 5.82 Å². The molecular weight excluding hydrogens is 477 g/mol. The third kappa shape index (κ3) is 8.15. The van der Waals surface area contributed by atoms with E-state index in [4.69, 9.17) is 4.74 Å². The predicted molar refractivity (Wildman–Crippen MR) is 125 cm³/mol. The van der Waals surface area contributed by atoms with E-state index >= 15 is 0 Å². The Morgan fingerprint density at radius 1 is 0.833 bits per heavy atom. The third-order valence-corrected chi connectivity index (χ3v) is 5.15. The van der Waals surface area contributed by atoms with E-state index in [0.717, 1.165) is 0 Å². The fraction of sp³-hybridized carbons (Fsp3) is 0.192. The van der Waals surface area contributed by atoms with Crippen LogP contribution in [0.25, 0.3) is 0 Å². The maximum atomic E-state index is 13.0. The Morgan fingerprint density at radius 3 is 2.00 bits per heavy atom. The number of alkyl halides is 2. The largest absolute Gasteiger partial charge is 0.480 e. The first kappa shape index (κ1) is 26.3. The summed E-state index contributed by atoms with van der Waals surface area (Å²) in [6, 6.07) is 15.9. The first-order valence-corrected chi connectivity index (χ1v) is 10.9. The Hall–Kier alpha value is -4.34. The van der Waals surface area contributed by atoms with Gasteiger partial charge in [0.25, 0.3) is 6.43 Å². The van der Waals surface area contributed by atoms with Gasteiger partial charge in [-0.05, 0) is 41.0 Å². The van der Waals surface area contributed by atoms with Crippen molar-refractivity contribution in [1.82, 2.24) is 5.32 Å². The van der Waals surface area contributed by atoms with E-state index in [0.29, 0.717) is 22.4 Å². The summed E-state index contributed by atoms with van der Waals surface area (Å²) >= 11 is 0. The molecule has 3 aromatic carbocycles. The first-order valence-electron chi connectivity index (χ1n) is 10.9. The number of carboxylic acid groups (broad SMARTS) is 1. The van der Waals surface area contributed by atoms with Gasteiger partial charge in [-0.1, -0.05) is 48.5 Å². The average molecular weight is 500 g/mol. The van der Waals surface area contributed by atoms with Crippen LogP contribution in [-0.4, -0.2) is 29.1 Å². The van der Waals surface area contributed by atoms with Crippen molar-refractivity contribution in [3.05, 3.63) is 101 Å². The second kappa shape index (κ2) is 12.4. The minimum Gasteiger partial charge on any atom is -0.480 e. The zero-order chi connectivity index (χ0) is 26.1. The van der Waals surface area contributed by atoms with E-state index in [1.165, 1.54) is 48.5 Å². The molecule has 0 aliphatic rings. The Balaban J connectivity index is 1.46. The number of carbonyl (C=O) groups is 3. The molecule has 0 saturated heterocycles. The van der Waals surface area contributed by atoms with Crippen LogP contribution in [0.2, 0.25) is 0 Å². The average Bonchev–Trinajstić information content (AvgIpc) is 2.85. The SMILES string of the molecule is O=C(Cc1ccc(F)cc1)Nc1ccc(COC(=O)N[C@@H](Cc2ccc(C(F)F)cc2)C(=O)O)cc1. The van der Waals surface area contributed by atoms with Crippen molar-refractivity contribution < 1.29 is 37.4 Å². The Labute approximate surface area is 204 Å². The number of anilines is 1. The van der Waals surface area contributed by atoms with Crippen molar-refractivity contribution in [2.75, 3.05) is 5.32 Å². The van der Waals surface area contributed by atoms with Gasteiger partial charge in [-0.3, -0.25) is 4.79 Å². The highest BCUT2D eigenvalue weighted by atomic mass is 19.3. The normalized spacial score (nSPS) is 11.6. The van der Waals surface area contributed by atoms with Crippen LogP contribution in [0.15, 0.2) is 72.8 Å². The molecule has 36 heavy (non-hydrogen) atoms. The Morgan fingerprint density at radius 2 is 1.42 bits per heavy atom. The van der Waals surface area contributed by atoms with Crippen molar-refractivity contribution in [3.8, 4) is 0 Å². The molecule has 0 unspecified atom stereocenters. The van der Waals surface area contributed by atoms with E-state index in [1.54, 1.807) is 24.3 Å². The van der Waals surface area contributed by atoms with E-state index in [-0.39, 0.29) is 36.7 Å². The molecule has 0 aliphatic heterocycles. The molecule has 0 radical (unpaired) electrons. The molecule has 3 aromatic rings. The highest BCUT2D eigenvalue weighted by Gasteiger charge is 2.21. The third-order valence-electron chi connectivity index (χ3n) is 5.15. The van der Waals surface area contributed by atoms with Crippen molar-refractivity contribution >= 4 is 23.7 Å². The number of carboxylic acids is 1. The summed E-state index contributed by atoms with van der Waals surface area (Å²) in [4.78, 5) is 35.7. The van der Waals surface area contributed by atoms with Crippen molar-refractivity contribution in [3.63, 3.8) is 0 Å². The van der Waals surface area contributed by atoms with Crippen molar-refractivity contribution in [1.29, 1.82) is 0 Å². The van der Waals surface area contributed by atoms with E-state index in [9.17, 15) is 32.7 Å². The number of alkyl carbamates (subject to hydrolysis) is 1. The molecular formula is C26H23F3N2O5. The lowest BCUT2D eigenvalue weighted by Gasteiger charge is -2.15. The van der Waals surface area contributed by atoms with Crippen LogP contribution in [0.4, 0.5) is 23.7 Å². The van der Waals surface area contributed by atoms with E-state index < -0.39 is 24.5 Å². The van der Waals surface area contributed by atoms with Gasteiger partial charge in [0, 0.05) is 17.7 Å². The summed E-state index contributed by atoms with van der Waals surface area (Å²) in [5.41, 5.74) is 2.05. The van der Waals surface area contributed by atoms with Crippen LogP contribution >= 0.6 is 0 Å². The van der Waals surface area contributed by atoms with Gasteiger partial charge in [-0.2, -0.15) is 0 Å². The molecule has 0 aromatic heterocycles. The minimum atomic E-state index is -2.63. The molecule has 10 heteroatoms. The van der Waals surface area contributed by atoms with Gasteiger partial charge < -0.3 is 20.5 Å². The highest BCUT2D eigenvalue weighted by molar-refractivity contribution is 5.92. The molecule has 0 saturated carbocycles. The summed E-state index contributed by atoms with van der Waals surface area (Å²) in [6.07, 6.45) is -3.62. The number of hydrogen-bond donors (Lipinski definition) is 3. The van der Waals surface area contributed by atoms with Crippen LogP contribution in [0.1, 0.15) is 28.7 Å². The summed E-state index contributed by atoms with van der Waals surface area (Å²) in [5, 5.41) is 14.3. The highest BCUT2D eigenvalue weighted by Crippen LogP contribution is 2.19. The number of amides is 2. The quantitative estimate of drug-likeness (QED) is 0.369. The molecule has 188 valence electrons. The Kier molecular flexibility index (Phi) is 9.04. The zero-order valence-corrected chi connectivity index (χ0v) is 18.9. The second-order valence-corrected chi connectivity index (χ2v) is 7.91. The lowest BCUT2D eigenvalue weighted by atomic mass is 10.0. The monoisotopic (exact) mass is 500 g/mol. The second-order valence-electron chi connectivity index (χ2n) is 7.91. The maximum absolute atomic E-state index is 13.0. The number of halogens is 3. The first-order chi connectivity index (χ1) is 17.2. The molecule has 1 atom stereocenters. The molecule has 0 aliphatic carbocycles. The van der Waals surface area contributed by atoms with Gasteiger partial charge in [0.1, 0.15) is 18.5 Å². The van der Waals surface area contributed by atoms with E-state index in [2.05, 4.69) is 10.6 Å². The molecule has 0 heterocycles. The number of rotatable bonds is 10. The topological polar surface area (TPSA) is 105 Å². The van der Waals surface area contributed by atoms with Gasteiger partial charge in [-0.15, -0.1) is 0 Å². The van der Waals surface area contributed by atoms with Gasteiger partial charge in [0.15, 0.2) is 0 Å². The van der Waals surface area contributed by atoms with Crippen LogP contribution in [0.3, 0.4) is 0 Å². The molecule has 3 rings (SSSR count). The molecule has 2 amide bonds. The molecule has 0 spiro atoms. The van der Waals surface area contributed by atoms with Crippen LogP contribution < -0.4 is 10.6 Å².